The molecule has 6 aliphatic rings. The van der Waals surface area contributed by atoms with Gasteiger partial charge in [0.05, 0.1) is 34.6 Å². The van der Waals surface area contributed by atoms with Crippen molar-refractivity contribution in [2.45, 2.75) is 111 Å². The quantitative estimate of drug-likeness (QED) is 0.198. The fourth-order valence-electron chi connectivity index (χ4n) is 11.1. The number of amides is 4. The Morgan fingerprint density at radius 3 is 1.57 bits per heavy atom. The Balaban J connectivity index is 0.00000124. The summed E-state index contributed by atoms with van der Waals surface area (Å²) in [4.78, 5) is 60.5. The van der Waals surface area contributed by atoms with Gasteiger partial charge in [-0.3, -0.25) is 24.5 Å². The van der Waals surface area contributed by atoms with Crippen LogP contribution in [-0.4, -0.2) is 30.3 Å². The number of carbonyl (C=O) groups is 4. The first kappa shape index (κ1) is 34.5. The third-order valence-electron chi connectivity index (χ3n) is 12.7. The van der Waals surface area contributed by atoms with Gasteiger partial charge in [0.15, 0.2) is 0 Å². The summed E-state index contributed by atoms with van der Waals surface area (Å²) in [6.07, 6.45) is 2.79. The Labute approximate surface area is 317 Å². The molecule has 1 spiro atoms. The maximum atomic E-state index is 14.5. The number of nitrogens with zero attached hydrogens (tertiary/aromatic N) is 3. The second-order valence-corrected chi connectivity index (χ2v) is 17.9. The molecule has 0 fully saturated rings. The molecule has 54 heavy (non-hydrogen) atoms. The van der Waals surface area contributed by atoms with Gasteiger partial charge in [0.25, 0.3) is 23.6 Å². The summed E-state index contributed by atoms with van der Waals surface area (Å²) in [6.45, 7) is 21.8. The van der Waals surface area contributed by atoms with Gasteiger partial charge in [-0.2, -0.15) is 0 Å². The molecular formula is C46H48N4O4. The van der Waals surface area contributed by atoms with Crippen molar-refractivity contribution in [3.05, 3.63) is 121 Å². The van der Waals surface area contributed by atoms with E-state index in [1.54, 1.807) is 0 Å². The predicted molar refractivity (Wildman–Crippen MR) is 212 cm³/mol. The predicted octanol–water partition coefficient (Wildman–Crippen LogP) is 8.66. The van der Waals surface area contributed by atoms with Gasteiger partial charge in [0.1, 0.15) is 0 Å². The first-order chi connectivity index (χ1) is 25.5. The zero-order chi connectivity index (χ0) is 38.4. The maximum Gasteiger partial charge on any atom is 0.266 e. The standard InChI is InChI=1S/C43H40N4O4.C3H8/c1-21-8-22(2)35-24(9-21)16-45-20-46(35)17-25-11-26(10-23(3)36(25)45)47-39(50)29-14-32-34(15-30(29)40(47)51)43(19-42(32,6)7)18-41(4,5)31-12-27-28(13-33(31)43)38(49)44-37(27)48;1-3-2/h8-15H,16-20H2,1-7H3,(H,44,48,49);3H2,1-2H3. The minimum Gasteiger partial charge on any atom is -0.349 e. The summed E-state index contributed by atoms with van der Waals surface area (Å²) in [6, 6.07) is 16.4. The highest BCUT2D eigenvalue weighted by Crippen LogP contribution is 2.63. The molecule has 0 radical (unpaired) electrons. The third-order valence-corrected chi connectivity index (χ3v) is 12.7. The summed E-state index contributed by atoms with van der Waals surface area (Å²) in [5, 5.41) is 2.46. The van der Waals surface area contributed by atoms with E-state index in [2.05, 4.69) is 89.6 Å². The fourth-order valence-corrected chi connectivity index (χ4v) is 11.1. The summed E-state index contributed by atoms with van der Waals surface area (Å²) >= 11 is 0. The molecule has 4 heterocycles. The van der Waals surface area contributed by atoms with Crippen molar-refractivity contribution in [2.24, 2.45) is 0 Å². The lowest BCUT2D eigenvalue weighted by Gasteiger charge is -2.46. The third kappa shape index (κ3) is 4.55. The first-order valence-corrected chi connectivity index (χ1v) is 19.4. The molecule has 2 bridgehead atoms. The molecule has 276 valence electrons. The van der Waals surface area contributed by atoms with Crippen molar-refractivity contribution in [3.63, 3.8) is 0 Å². The second-order valence-electron chi connectivity index (χ2n) is 17.9. The minimum absolute atomic E-state index is 0.276. The van der Waals surface area contributed by atoms with Gasteiger partial charge in [-0.15, -0.1) is 0 Å². The number of aryl methyl sites for hydroxylation is 3. The lowest BCUT2D eigenvalue weighted by molar-refractivity contribution is 0.0874. The van der Waals surface area contributed by atoms with Gasteiger partial charge in [-0.05, 0) is 125 Å². The summed E-state index contributed by atoms with van der Waals surface area (Å²) in [5.41, 5.74) is 14.0. The van der Waals surface area contributed by atoms with Crippen LogP contribution in [0.2, 0.25) is 0 Å². The number of fused-ring (bicyclic) bond motifs is 12. The van der Waals surface area contributed by atoms with E-state index < -0.39 is 5.41 Å². The van der Waals surface area contributed by atoms with Crippen LogP contribution < -0.4 is 20.0 Å². The molecule has 1 N–H and O–H groups in total. The summed E-state index contributed by atoms with van der Waals surface area (Å²) in [7, 11) is 0. The number of benzene rings is 4. The maximum absolute atomic E-state index is 14.5. The van der Waals surface area contributed by atoms with Crippen LogP contribution in [0.1, 0.15) is 152 Å². The number of anilines is 3. The highest BCUT2D eigenvalue weighted by molar-refractivity contribution is 6.34. The van der Waals surface area contributed by atoms with Crippen LogP contribution in [0, 0.1) is 20.8 Å². The fraction of sp³-hybridized carbons (Fsp3) is 0.391. The van der Waals surface area contributed by atoms with Gasteiger partial charge in [0, 0.05) is 29.9 Å². The van der Waals surface area contributed by atoms with Crippen LogP contribution in [0.25, 0.3) is 0 Å². The Morgan fingerprint density at radius 1 is 0.593 bits per heavy atom. The molecule has 8 heteroatoms. The molecule has 4 aromatic rings. The van der Waals surface area contributed by atoms with Crippen molar-refractivity contribution in [3.8, 4) is 0 Å². The average molecular weight is 721 g/mol. The van der Waals surface area contributed by atoms with Gasteiger partial charge in [-0.25, -0.2) is 4.90 Å². The van der Waals surface area contributed by atoms with Gasteiger partial charge < -0.3 is 9.80 Å². The normalized spacial score (nSPS) is 21.7. The van der Waals surface area contributed by atoms with Crippen molar-refractivity contribution in [1.82, 2.24) is 5.32 Å². The Kier molecular flexibility index (Phi) is 7.13. The summed E-state index contributed by atoms with van der Waals surface area (Å²) < 4.78 is 0. The van der Waals surface area contributed by atoms with Crippen LogP contribution in [0.3, 0.4) is 0 Å². The zero-order valence-corrected chi connectivity index (χ0v) is 32.8. The lowest BCUT2D eigenvalue weighted by atomic mass is 9.72. The van der Waals surface area contributed by atoms with Gasteiger partial charge >= 0.3 is 0 Å². The molecule has 4 amide bonds. The largest absolute Gasteiger partial charge is 0.349 e. The van der Waals surface area contributed by atoms with E-state index >= 15 is 0 Å². The molecule has 0 saturated heterocycles. The van der Waals surface area contributed by atoms with Gasteiger partial charge in [-0.1, -0.05) is 65.7 Å². The van der Waals surface area contributed by atoms with Crippen LogP contribution in [-0.2, 0) is 29.3 Å². The van der Waals surface area contributed by atoms with E-state index in [1.807, 2.05) is 36.4 Å². The summed E-state index contributed by atoms with van der Waals surface area (Å²) in [5.74, 6) is -1.31. The highest BCUT2D eigenvalue weighted by Gasteiger charge is 2.58. The van der Waals surface area contributed by atoms with Gasteiger partial charge in [0.2, 0.25) is 0 Å². The van der Waals surface area contributed by atoms with E-state index in [1.165, 1.54) is 39.4 Å². The van der Waals surface area contributed by atoms with Crippen molar-refractivity contribution in [1.29, 1.82) is 0 Å². The van der Waals surface area contributed by atoms with Crippen LogP contribution in [0.5, 0.6) is 0 Å². The Bertz CT molecular complexity index is 2440. The number of nitrogens with one attached hydrogen (secondary N) is 1. The molecule has 1 atom stereocenters. The molecule has 0 aromatic heterocycles. The minimum atomic E-state index is -0.472. The molecule has 4 aromatic carbocycles. The Hall–Kier alpha value is -5.24. The first-order valence-electron chi connectivity index (χ1n) is 19.4. The topological polar surface area (TPSA) is 90.0 Å². The molecule has 1 unspecified atom stereocenters. The van der Waals surface area contributed by atoms with E-state index in [0.29, 0.717) is 34.5 Å². The molecule has 4 aliphatic heterocycles. The van der Waals surface area contributed by atoms with Crippen LogP contribution in [0.15, 0.2) is 48.5 Å². The van der Waals surface area contributed by atoms with E-state index in [-0.39, 0.29) is 34.5 Å². The SMILES string of the molecule is CCC.Cc1cc(C)c2c(c1)CN1CN2Cc2cc(N3C(=O)c4cc5c(cc4C3=O)C3(CC(C)(C)c4cc6c(cc43)C(=O)NC6=O)CC5(C)C)cc(C)c21. The monoisotopic (exact) mass is 720 g/mol. The van der Waals surface area contributed by atoms with Crippen LogP contribution in [0.4, 0.5) is 17.1 Å². The highest BCUT2D eigenvalue weighted by atomic mass is 16.2. The average Bonchev–Trinajstić information content (AvgIpc) is 3.67. The van der Waals surface area contributed by atoms with Crippen molar-refractivity contribution < 1.29 is 19.2 Å². The molecule has 10 rings (SSSR count). The van der Waals surface area contributed by atoms with E-state index in [0.717, 1.165) is 59.4 Å². The molecule has 8 nitrogen and oxygen atoms in total. The number of hydrogen-bond acceptors (Lipinski definition) is 6. The molecule has 2 aliphatic carbocycles. The zero-order valence-electron chi connectivity index (χ0n) is 32.8. The van der Waals surface area contributed by atoms with Crippen LogP contribution >= 0.6 is 0 Å². The number of hydrogen-bond donors (Lipinski definition) is 1. The molecular weight excluding hydrogens is 673 g/mol. The van der Waals surface area contributed by atoms with E-state index in [9.17, 15) is 19.2 Å². The molecule has 0 saturated carbocycles. The number of rotatable bonds is 1. The van der Waals surface area contributed by atoms with E-state index in [4.69, 9.17) is 0 Å². The number of carbonyl (C=O) groups excluding carboxylic acids is 4. The second kappa shape index (κ2) is 11.2. The lowest BCUT2D eigenvalue weighted by Crippen LogP contribution is -2.47. The van der Waals surface area contributed by atoms with Crippen molar-refractivity contribution >= 4 is 40.7 Å². The smallest absolute Gasteiger partial charge is 0.266 e. The van der Waals surface area contributed by atoms with Crippen molar-refractivity contribution in [2.75, 3.05) is 21.4 Å². The Morgan fingerprint density at radius 2 is 1.04 bits per heavy atom. The number of imide groups is 2.